The number of carboxylic acid groups (broad SMARTS) is 1. The van der Waals surface area contributed by atoms with E-state index in [1.807, 2.05) is 6.07 Å². The Bertz CT molecular complexity index is 1160. The maximum Gasteiger partial charge on any atom is 0.416 e. The first kappa shape index (κ1) is 28.8. The standard InChI is InChI=1S/C26H31F3N4O5/c1-31(25(36)37)12-13-33(16-19-6-3-4-8-21(19)26(27,28)29)23(34)14-30-22-9-5-7-18-15-32(11-10-20(18)22)24(35)17-38-2/h3-9,30H,10-17H2,1-2H3,(H,36,37). The monoisotopic (exact) mass is 536 g/mol. The number of rotatable bonds is 10. The molecule has 2 aromatic carbocycles. The summed E-state index contributed by atoms with van der Waals surface area (Å²) in [5, 5.41) is 12.2. The summed E-state index contributed by atoms with van der Waals surface area (Å²) in [5.74, 6) is -0.598. The molecule has 0 saturated heterocycles. The number of fused-ring (bicyclic) bond motifs is 1. The first-order valence-electron chi connectivity index (χ1n) is 12.0. The molecule has 1 heterocycles. The van der Waals surface area contributed by atoms with Crippen LogP contribution in [-0.4, -0.2) is 84.7 Å². The fraction of sp³-hybridized carbons (Fsp3) is 0.423. The average molecular weight is 537 g/mol. The molecule has 2 N–H and O–H groups in total. The molecular formula is C26H31F3N4O5. The molecule has 12 heteroatoms. The van der Waals surface area contributed by atoms with E-state index in [1.54, 1.807) is 17.0 Å². The van der Waals surface area contributed by atoms with Crippen LogP contribution in [0, 0.1) is 0 Å². The fourth-order valence-corrected chi connectivity index (χ4v) is 4.28. The van der Waals surface area contributed by atoms with Crippen molar-refractivity contribution in [2.24, 2.45) is 0 Å². The Hall–Kier alpha value is -3.80. The summed E-state index contributed by atoms with van der Waals surface area (Å²) in [7, 11) is 2.78. The summed E-state index contributed by atoms with van der Waals surface area (Å²) in [6.07, 6.45) is -5.24. The lowest BCUT2D eigenvalue weighted by atomic mass is 9.97. The minimum absolute atomic E-state index is 0.00779. The smallest absolute Gasteiger partial charge is 0.416 e. The van der Waals surface area contributed by atoms with Crippen molar-refractivity contribution >= 4 is 23.6 Å². The number of amides is 3. The van der Waals surface area contributed by atoms with Crippen molar-refractivity contribution < 1.29 is 37.4 Å². The summed E-state index contributed by atoms with van der Waals surface area (Å²) < 4.78 is 45.5. The van der Waals surface area contributed by atoms with Gasteiger partial charge < -0.3 is 29.9 Å². The molecule has 0 aliphatic carbocycles. The van der Waals surface area contributed by atoms with Crippen molar-refractivity contribution in [3.8, 4) is 0 Å². The highest BCUT2D eigenvalue weighted by Crippen LogP contribution is 2.32. The molecule has 3 amide bonds. The van der Waals surface area contributed by atoms with Crippen molar-refractivity contribution in [3.63, 3.8) is 0 Å². The topological polar surface area (TPSA) is 102 Å². The van der Waals surface area contributed by atoms with Gasteiger partial charge >= 0.3 is 12.3 Å². The third-order valence-electron chi connectivity index (χ3n) is 6.39. The molecule has 1 aliphatic heterocycles. The molecule has 0 unspecified atom stereocenters. The van der Waals surface area contributed by atoms with E-state index in [4.69, 9.17) is 9.84 Å². The minimum Gasteiger partial charge on any atom is -0.465 e. The Morgan fingerprint density at radius 3 is 2.53 bits per heavy atom. The van der Waals surface area contributed by atoms with Crippen LogP contribution < -0.4 is 5.32 Å². The van der Waals surface area contributed by atoms with Crippen LogP contribution in [0.15, 0.2) is 42.5 Å². The molecule has 9 nitrogen and oxygen atoms in total. The fourth-order valence-electron chi connectivity index (χ4n) is 4.28. The number of likely N-dealkylation sites (N-methyl/N-ethyl adjacent to an activating group) is 1. The maximum atomic E-state index is 13.5. The summed E-state index contributed by atoms with van der Waals surface area (Å²) in [4.78, 5) is 40.5. The van der Waals surface area contributed by atoms with E-state index in [0.717, 1.165) is 22.1 Å². The van der Waals surface area contributed by atoms with Gasteiger partial charge in [0.25, 0.3) is 0 Å². The second-order valence-electron chi connectivity index (χ2n) is 8.97. The molecule has 206 valence electrons. The van der Waals surface area contributed by atoms with Gasteiger partial charge in [0.05, 0.1) is 12.1 Å². The second kappa shape index (κ2) is 12.6. The van der Waals surface area contributed by atoms with Crippen molar-refractivity contribution in [2.45, 2.75) is 25.7 Å². The van der Waals surface area contributed by atoms with Crippen LogP contribution >= 0.6 is 0 Å². The largest absolute Gasteiger partial charge is 0.465 e. The summed E-state index contributed by atoms with van der Waals surface area (Å²) in [6, 6.07) is 10.5. The molecule has 0 atom stereocenters. The predicted molar refractivity (Wildman–Crippen MR) is 133 cm³/mol. The SMILES string of the molecule is COCC(=O)N1CCc2c(cccc2NCC(=O)N(CCN(C)C(=O)O)Cc2ccccc2C(F)(F)F)C1. The number of benzene rings is 2. The van der Waals surface area contributed by atoms with Gasteiger partial charge in [0.2, 0.25) is 11.8 Å². The summed E-state index contributed by atoms with van der Waals surface area (Å²) >= 11 is 0. The number of hydrogen-bond donors (Lipinski definition) is 2. The zero-order chi connectivity index (χ0) is 27.9. The first-order chi connectivity index (χ1) is 18.0. The molecule has 0 fully saturated rings. The van der Waals surface area contributed by atoms with Crippen LogP contribution in [0.1, 0.15) is 22.3 Å². The number of nitrogens with one attached hydrogen (secondary N) is 1. The number of anilines is 1. The van der Waals surface area contributed by atoms with E-state index >= 15 is 0 Å². The van der Waals surface area contributed by atoms with E-state index in [9.17, 15) is 27.6 Å². The van der Waals surface area contributed by atoms with Gasteiger partial charge in [-0.15, -0.1) is 0 Å². The van der Waals surface area contributed by atoms with Crippen LogP contribution in [0.25, 0.3) is 0 Å². The molecule has 0 radical (unpaired) electrons. The molecule has 38 heavy (non-hydrogen) atoms. The van der Waals surface area contributed by atoms with Gasteiger partial charge in [-0.1, -0.05) is 30.3 Å². The molecular weight excluding hydrogens is 505 g/mol. The van der Waals surface area contributed by atoms with Crippen molar-refractivity contribution in [1.82, 2.24) is 14.7 Å². The van der Waals surface area contributed by atoms with Gasteiger partial charge in [0, 0.05) is 52.6 Å². The molecule has 2 aromatic rings. The Balaban J connectivity index is 1.75. The predicted octanol–water partition coefficient (Wildman–Crippen LogP) is 3.29. The summed E-state index contributed by atoms with van der Waals surface area (Å²) in [5.41, 5.74) is 1.66. The third-order valence-corrected chi connectivity index (χ3v) is 6.39. The van der Waals surface area contributed by atoms with E-state index in [2.05, 4.69) is 5.32 Å². The molecule has 1 aliphatic rings. The normalized spacial score (nSPS) is 13.0. The summed E-state index contributed by atoms with van der Waals surface area (Å²) in [6.45, 7) is 0.208. The van der Waals surface area contributed by atoms with Gasteiger partial charge in [-0.25, -0.2) is 4.79 Å². The Labute approximate surface area is 218 Å². The number of ether oxygens (including phenoxy) is 1. The van der Waals surface area contributed by atoms with Gasteiger partial charge in [-0.2, -0.15) is 13.2 Å². The van der Waals surface area contributed by atoms with Crippen molar-refractivity contribution in [1.29, 1.82) is 0 Å². The van der Waals surface area contributed by atoms with Crippen LogP contribution in [0.3, 0.4) is 0 Å². The Morgan fingerprint density at radius 1 is 1.11 bits per heavy atom. The molecule has 0 aromatic heterocycles. The van der Waals surface area contributed by atoms with Crippen LogP contribution in [0.2, 0.25) is 0 Å². The van der Waals surface area contributed by atoms with E-state index < -0.39 is 23.7 Å². The lowest BCUT2D eigenvalue weighted by molar-refractivity contribution is -0.139. The molecule has 0 bridgehead atoms. The number of nitrogens with zero attached hydrogens (tertiary/aromatic N) is 3. The first-order valence-corrected chi connectivity index (χ1v) is 12.0. The number of hydrogen-bond acceptors (Lipinski definition) is 5. The van der Waals surface area contributed by atoms with Crippen molar-refractivity contribution in [2.75, 3.05) is 52.3 Å². The van der Waals surface area contributed by atoms with Gasteiger partial charge in [-0.3, -0.25) is 9.59 Å². The Morgan fingerprint density at radius 2 is 1.84 bits per heavy atom. The highest BCUT2D eigenvalue weighted by Gasteiger charge is 2.33. The second-order valence-corrected chi connectivity index (χ2v) is 8.97. The zero-order valence-electron chi connectivity index (χ0n) is 21.3. The van der Waals surface area contributed by atoms with E-state index in [0.29, 0.717) is 25.2 Å². The highest BCUT2D eigenvalue weighted by molar-refractivity contribution is 5.82. The van der Waals surface area contributed by atoms with Gasteiger partial charge in [0.15, 0.2) is 0 Å². The minimum atomic E-state index is -4.59. The third kappa shape index (κ3) is 7.37. The van der Waals surface area contributed by atoms with Crippen molar-refractivity contribution in [3.05, 3.63) is 64.7 Å². The number of alkyl halides is 3. The molecule has 0 spiro atoms. The highest BCUT2D eigenvalue weighted by atomic mass is 19.4. The number of methoxy groups -OCH3 is 1. The lowest BCUT2D eigenvalue weighted by Gasteiger charge is -2.30. The van der Waals surface area contributed by atoms with E-state index in [-0.39, 0.29) is 44.3 Å². The maximum absolute atomic E-state index is 13.5. The van der Waals surface area contributed by atoms with Gasteiger partial charge in [-0.05, 0) is 35.2 Å². The number of carbonyl (C=O) groups is 3. The number of halogens is 3. The Kier molecular flexibility index (Phi) is 9.56. The van der Waals surface area contributed by atoms with Crippen LogP contribution in [0.5, 0.6) is 0 Å². The van der Waals surface area contributed by atoms with Crippen LogP contribution in [0.4, 0.5) is 23.7 Å². The average Bonchev–Trinajstić information content (AvgIpc) is 2.88. The number of carbonyl (C=O) groups excluding carboxylic acids is 2. The quantitative estimate of drug-likeness (QED) is 0.483. The molecule has 3 rings (SSSR count). The molecule has 0 saturated carbocycles. The zero-order valence-corrected chi connectivity index (χ0v) is 21.3. The van der Waals surface area contributed by atoms with Crippen LogP contribution in [-0.2, 0) is 40.0 Å². The van der Waals surface area contributed by atoms with E-state index in [1.165, 1.54) is 37.3 Å². The van der Waals surface area contributed by atoms with Gasteiger partial charge in [0.1, 0.15) is 6.61 Å². The lowest BCUT2D eigenvalue weighted by Crippen LogP contribution is -2.41.